The zero-order chi connectivity index (χ0) is 23.5. The van der Waals surface area contributed by atoms with E-state index < -0.39 is 21.8 Å². The molecule has 9 nitrogen and oxygen atoms in total. The van der Waals surface area contributed by atoms with E-state index in [1.807, 2.05) is 4.90 Å². The van der Waals surface area contributed by atoms with E-state index in [2.05, 4.69) is 9.97 Å². The number of hydrogen-bond donors (Lipinski definition) is 1. The van der Waals surface area contributed by atoms with Crippen molar-refractivity contribution in [3.8, 4) is 17.5 Å². The first-order valence-electron chi connectivity index (χ1n) is 10.1. The van der Waals surface area contributed by atoms with Crippen LogP contribution in [0, 0.1) is 12.7 Å². The number of Topliss-reactive ketones (excluding diaryl/α,β-unsaturated/α-hetero) is 1. The van der Waals surface area contributed by atoms with Crippen molar-refractivity contribution in [2.75, 3.05) is 25.9 Å². The lowest BCUT2D eigenvalue weighted by molar-refractivity contribution is -0.126. The first-order chi connectivity index (χ1) is 15.0. The van der Waals surface area contributed by atoms with Crippen LogP contribution in [0.1, 0.15) is 25.3 Å². The Bertz CT molecular complexity index is 1090. The van der Waals surface area contributed by atoms with Crippen molar-refractivity contribution >= 4 is 15.6 Å². The van der Waals surface area contributed by atoms with Crippen molar-refractivity contribution in [1.29, 1.82) is 0 Å². The third kappa shape index (κ3) is 5.99. The van der Waals surface area contributed by atoms with E-state index in [1.165, 1.54) is 25.4 Å². The predicted octanol–water partition coefficient (Wildman–Crippen LogP) is 1.91. The molecule has 1 fully saturated rings. The summed E-state index contributed by atoms with van der Waals surface area (Å²) in [6.07, 6.45) is 2.52. The summed E-state index contributed by atoms with van der Waals surface area (Å²) in [5.74, 6) is -0.834. The van der Waals surface area contributed by atoms with Crippen LogP contribution in [0.2, 0.25) is 0 Å². The Hall–Kier alpha value is -2.63. The maximum atomic E-state index is 14.3. The standard InChI is InChI=1S/C21H26FN3O6S/c1-13-20(30-15-6-8-25(9-7-15)11-18(27)14(2)26)23-12-24-21(13)31-19-5-4-16(10-17(19)22)32(3,28)29/h4-5,10,12,15,18,27H,6-9,11H2,1-3H3/t18-/m0/s1. The van der Waals surface area contributed by atoms with E-state index in [0.717, 1.165) is 12.3 Å². The molecule has 1 aromatic carbocycles. The number of sulfone groups is 1. The van der Waals surface area contributed by atoms with Gasteiger partial charge in [-0.3, -0.25) is 4.79 Å². The Labute approximate surface area is 186 Å². The smallest absolute Gasteiger partial charge is 0.229 e. The molecule has 3 rings (SSSR count). The first kappa shape index (κ1) is 24.0. The van der Waals surface area contributed by atoms with Gasteiger partial charge in [0.05, 0.1) is 10.5 Å². The second-order valence-corrected chi connectivity index (χ2v) is 9.84. The van der Waals surface area contributed by atoms with Crippen molar-refractivity contribution in [2.24, 2.45) is 0 Å². The summed E-state index contributed by atoms with van der Waals surface area (Å²) in [4.78, 5) is 21.3. The number of aliphatic hydroxyl groups excluding tert-OH is 1. The number of carbonyl (C=O) groups excluding carboxylic acids is 1. The lowest BCUT2D eigenvalue weighted by Crippen LogP contribution is -2.43. The number of hydrogen-bond acceptors (Lipinski definition) is 9. The van der Waals surface area contributed by atoms with Gasteiger partial charge in [0.1, 0.15) is 18.5 Å². The van der Waals surface area contributed by atoms with Crippen LogP contribution >= 0.6 is 0 Å². The molecule has 0 bridgehead atoms. The van der Waals surface area contributed by atoms with Gasteiger partial charge in [-0.05, 0) is 44.9 Å². The molecule has 1 N–H and O–H groups in total. The van der Waals surface area contributed by atoms with Gasteiger partial charge in [-0.2, -0.15) is 0 Å². The number of piperidine rings is 1. The highest BCUT2D eigenvalue weighted by molar-refractivity contribution is 7.90. The Morgan fingerprint density at radius 3 is 2.53 bits per heavy atom. The zero-order valence-corrected chi connectivity index (χ0v) is 18.9. The number of nitrogens with zero attached hydrogens (tertiary/aromatic N) is 3. The van der Waals surface area contributed by atoms with Gasteiger partial charge in [-0.25, -0.2) is 22.8 Å². The minimum atomic E-state index is -3.54. The number of β-amino-alcohol motifs (C(OH)–C–C–N with tert-alkyl or cyclic N) is 1. The van der Waals surface area contributed by atoms with Gasteiger partial charge in [0.25, 0.3) is 0 Å². The van der Waals surface area contributed by atoms with Gasteiger partial charge in [0.15, 0.2) is 27.2 Å². The Balaban J connectivity index is 1.65. The molecule has 32 heavy (non-hydrogen) atoms. The minimum absolute atomic E-state index is 0.100. The Morgan fingerprint density at radius 1 is 1.28 bits per heavy atom. The van der Waals surface area contributed by atoms with Crippen LogP contribution in [0.15, 0.2) is 29.4 Å². The van der Waals surface area contributed by atoms with Gasteiger partial charge in [-0.15, -0.1) is 0 Å². The number of aromatic nitrogens is 2. The van der Waals surface area contributed by atoms with Crippen molar-refractivity contribution in [1.82, 2.24) is 14.9 Å². The van der Waals surface area contributed by atoms with Crippen LogP contribution in [0.25, 0.3) is 0 Å². The summed E-state index contributed by atoms with van der Waals surface area (Å²) in [6, 6.07) is 3.40. The number of ketones is 1. The van der Waals surface area contributed by atoms with Crippen LogP contribution in [-0.2, 0) is 14.6 Å². The molecule has 1 atom stereocenters. The molecule has 0 spiro atoms. The molecule has 0 aliphatic carbocycles. The molecule has 0 amide bonds. The highest BCUT2D eigenvalue weighted by atomic mass is 32.2. The van der Waals surface area contributed by atoms with Crippen molar-refractivity contribution in [3.05, 3.63) is 35.9 Å². The fraction of sp³-hybridized carbons (Fsp3) is 0.476. The van der Waals surface area contributed by atoms with E-state index >= 15 is 0 Å². The number of ether oxygens (including phenoxy) is 2. The molecule has 0 unspecified atom stereocenters. The SMILES string of the molecule is CC(=O)[C@@H](O)CN1CCC(Oc2ncnc(Oc3ccc(S(C)(=O)=O)cc3F)c2C)CC1. The van der Waals surface area contributed by atoms with Gasteiger partial charge in [-0.1, -0.05) is 0 Å². The van der Waals surface area contributed by atoms with Crippen LogP contribution in [-0.4, -0.2) is 72.3 Å². The molecule has 0 saturated carbocycles. The maximum absolute atomic E-state index is 14.3. The van der Waals surface area contributed by atoms with E-state index in [9.17, 15) is 22.7 Å². The van der Waals surface area contributed by atoms with Gasteiger partial charge in [0.2, 0.25) is 11.8 Å². The molecule has 174 valence electrons. The van der Waals surface area contributed by atoms with Crippen LogP contribution in [0.3, 0.4) is 0 Å². The van der Waals surface area contributed by atoms with Gasteiger partial charge in [0, 0.05) is 25.9 Å². The molecule has 0 radical (unpaired) electrons. The van der Waals surface area contributed by atoms with Crippen LogP contribution < -0.4 is 9.47 Å². The molecular formula is C21H26FN3O6S. The van der Waals surface area contributed by atoms with E-state index in [4.69, 9.17) is 9.47 Å². The lowest BCUT2D eigenvalue weighted by atomic mass is 10.1. The summed E-state index contributed by atoms with van der Waals surface area (Å²) in [7, 11) is -3.54. The summed E-state index contributed by atoms with van der Waals surface area (Å²) in [6.45, 7) is 4.69. The number of rotatable bonds is 8. The summed E-state index contributed by atoms with van der Waals surface area (Å²) in [5.41, 5.74) is 0.480. The molecule has 2 heterocycles. The summed E-state index contributed by atoms with van der Waals surface area (Å²) >= 11 is 0. The highest BCUT2D eigenvalue weighted by Gasteiger charge is 2.25. The molecule has 1 aromatic heterocycles. The Kier molecular flexibility index (Phi) is 7.42. The third-order valence-corrected chi connectivity index (χ3v) is 6.35. The minimum Gasteiger partial charge on any atom is -0.474 e. The Morgan fingerprint density at radius 2 is 1.94 bits per heavy atom. The van der Waals surface area contributed by atoms with E-state index in [-0.39, 0.29) is 28.4 Å². The fourth-order valence-electron chi connectivity index (χ4n) is 3.28. The number of likely N-dealkylation sites (tertiary alicyclic amines) is 1. The molecule has 1 aliphatic rings. The normalized spacial score (nSPS) is 16.5. The first-order valence-corrected chi connectivity index (χ1v) is 12.0. The molecule has 2 aromatic rings. The van der Waals surface area contributed by atoms with Crippen molar-refractivity contribution in [3.63, 3.8) is 0 Å². The second kappa shape index (κ2) is 9.88. The van der Waals surface area contributed by atoms with Crippen molar-refractivity contribution < 1.29 is 32.2 Å². The molecule has 1 saturated heterocycles. The number of aliphatic hydroxyl groups is 1. The lowest BCUT2D eigenvalue weighted by Gasteiger charge is -2.32. The topological polar surface area (TPSA) is 119 Å². The third-order valence-electron chi connectivity index (χ3n) is 5.24. The second-order valence-electron chi connectivity index (χ2n) is 7.82. The number of benzene rings is 1. The molecule has 11 heteroatoms. The van der Waals surface area contributed by atoms with E-state index in [0.29, 0.717) is 43.9 Å². The van der Waals surface area contributed by atoms with Crippen LogP contribution in [0.4, 0.5) is 4.39 Å². The quantitative estimate of drug-likeness (QED) is 0.621. The maximum Gasteiger partial charge on any atom is 0.229 e. The summed E-state index contributed by atoms with van der Waals surface area (Å²) in [5, 5.41) is 9.73. The van der Waals surface area contributed by atoms with Crippen molar-refractivity contribution in [2.45, 2.75) is 43.8 Å². The largest absolute Gasteiger partial charge is 0.474 e. The van der Waals surface area contributed by atoms with Crippen LogP contribution in [0.5, 0.6) is 17.5 Å². The highest BCUT2D eigenvalue weighted by Crippen LogP contribution is 2.31. The average molecular weight is 468 g/mol. The van der Waals surface area contributed by atoms with E-state index in [1.54, 1.807) is 6.92 Å². The summed E-state index contributed by atoms with van der Waals surface area (Å²) < 4.78 is 49.0. The number of halogens is 1. The molecule has 1 aliphatic heterocycles. The fourth-order valence-corrected chi connectivity index (χ4v) is 3.91. The van der Waals surface area contributed by atoms with Gasteiger partial charge >= 0.3 is 0 Å². The van der Waals surface area contributed by atoms with Gasteiger partial charge < -0.3 is 19.5 Å². The monoisotopic (exact) mass is 467 g/mol. The predicted molar refractivity (Wildman–Crippen MR) is 113 cm³/mol. The average Bonchev–Trinajstić information content (AvgIpc) is 2.72. The zero-order valence-electron chi connectivity index (χ0n) is 18.1. The molecular weight excluding hydrogens is 441 g/mol. The number of carbonyl (C=O) groups is 1.